The first kappa shape index (κ1) is 18.1. The van der Waals surface area contributed by atoms with E-state index in [4.69, 9.17) is 9.26 Å². The number of anilines is 1. The standard InChI is InChI=1S/C20H17N3O4S/c1-3-26-19(25)12-5-6-14-17(9-12)28-20(21-14)22-18(24)10-15-13-8-11(2)4-7-16(13)27-23-15/h4-9H,3,10H2,1-2H3,(H,21,22,24). The highest BCUT2D eigenvalue weighted by Crippen LogP contribution is 2.27. The number of nitrogens with zero attached hydrogens (tertiary/aromatic N) is 2. The van der Waals surface area contributed by atoms with Crippen LogP contribution < -0.4 is 5.32 Å². The lowest BCUT2D eigenvalue weighted by molar-refractivity contribution is -0.115. The number of hydrogen-bond acceptors (Lipinski definition) is 7. The van der Waals surface area contributed by atoms with Crippen LogP contribution in [0.25, 0.3) is 21.2 Å². The van der Waals surface area contributed by atoms with E-state index in [-0.39, 0.29) is 18.3 Å². The molecule has 1 N–H and O–H groups in total. The lowest BCUT2D eigenvalue weighted by atomic mass is 10.1. The smallest absolute Gasteiger partial charge is 0.338 e. The van der Waals surface area contributed by atoms with Crippen molar-refractivity contribution in [1.29, 1.82) is 0 Å². The Morgan fingerprint density at radius 2 is 2.07 bits per heavy atom. The van der Waals surface area contributed by atoms with Gasteiger partial charge in [0.1, 0.15) is 5.69 Å². The van der Waals surface area contributed by atoms with E-state index in [0.717, 1.165) is 15.6 Å². The monoisotopic (exact) mass is 395 g/mol. The molecule has 142 valence electrons. The molecule has 0 unspecified atom stereocenters. The van der Waals surface area contributed by atoms with Crippen molar-refractivity contribution in [1.82, 2.24) is 10.1 Å². The summed E-state index contributed by atoms with van der Waals surface area (Å²) in [5.41, 5.74) is 3.47. The van der Waals surface area contributed by atoms with E-state index in [1.807, 2.05) is 25.1 Å². The maximum absolute atomic E-state index is 12.4. The van der Waals surface area contributed by atoms with Crippen molar-refractivity contribution in [3.63, 3.8) is 0 Å². The molecule has 0 saturated carbocycles. The van der Waals surface area contributed by atoms with Crippen LogP contribution in [0.15, 0.2) is 40.9 Å². The van der Waals surface area contributed by atoms with Gasteiger partial charge in [-0.2, -0.15) is 0 Å². The van der Waals surface area contributed by atoms with Crippen LogP contribution in [-0.4, -0.2) is 28.6 Å². The normalized spacial score (nSPS) is 11.1. The van der Waals surface area contributed by atoms with Crippen molar-refractivity contribution in [3.8, 4) is 0 Å². The van der Waals surface area contributed by atoms with Gasteiger partial charge in [-0.1, -0.05) is 28.1 Å². The molecule has 0 aliphatic rings. The molecule has 4 rings (SSSR count). The quantitative estimate of drug-likeness (QED) is 0.511. The zero-order valence-electron chi connectivity index (χ0n) is 15.3. The van der Waals surface area contributed by atoms with E-state index in [1.54, 1.807) is 25.1 Å². The molecule has 8 heteroatoms. The van der Waals surface area contributed by atoms with E-state index < -0.39 is 0 Å². The van der Waals surface area contributed by atoms with Gasteiger partial charge < -0.3 is 14.6 Å². The molecular weight excluding hydrogens is 378 g/mol. The van der Waals surface area contributed by atoms with Crippen LogP contribution in [0, 0.1) is 6.92 Å². The summed E-state index contributed by atoms with van der Waals surface area (Å²) in [5.74, 6) is -0.613. The molecule has 0 aliphatic carbocycles. The molecule has 1 amide bonds. The minimum absolute atomic E-state index is 0.0838. The highest BCUT2D eigenvalue weighted by atomic mass is 32.1. The third-order valence-corrected chi connectivity index (χ3v) is 5.11. The fourth-order valence-electron chi connectivity index (χ4n) is 2.86. The van der Waals surface area contributed by atoms with Crippen molar-refractivity contribution in [2.75, 3.05) is 11.9 Å². The molecule has 0 bridgehead atoms. The van der Waals surface area contributed by atoms with Gasteiger partial charge in [-0.05, 0) is 44.2 Å². The van der Waals surface area contributed by atoms with Crippen LogP contribution in [0.1, 0.15) is 28.5 Å². The molecule has 7 nitrogen and oxygen atoms in total. The molecular formula is C20H17N3O4S. The number of carbonyl (C=O) groups is 2. The number of ether oxygens (including phenoxy) is 1. The van der Waals surface area contributed by atoms with Gasteiger partial charge >= 0.3 is 5.97 Å². The second-order valence-corrected chi connectivity index (χ2v) is 7.31. The van der Waals surface area contributed by atoms with Crippen LogP contribution in [0.5, 0.6) is 0 Å². The number of thiazole rings is 1. The molecule has 0 fully saturated rings. The van der Waals surface area contributed by atoms with E-state index in [9.17, 15) is 9.59 Å². The Morgan fingerprint density at radius 1 is 1.21 bits per heavy atom. The Labute approximate surface area is 164 Å². The minimum atomic E-state index is -0.378. The first-order valence-electron chi connectivity index (χ1n) is 8.76. The van der Waals surface area contributed by atoms with E-state index >= 15 is 0 Å². The summed E-state index contributed by atoms with van der Waals surface area (Å²) in [6.07, 6.45) is 0.0838. The molecule has 0 radical (unpaired) electrons. The number of amides is 1. The molecule has 0 spiro atoms. The number of fused-ring (bicyclic) bond motifs is 2. The average Bonchev–Trinajstić information content (AvgIpc) is 3.24. The van der Waals surface area contributed by atoms with Crippen LogP contribution in [0.4, 0.5) is 5.13 Å². The minimum Gasteiger partial charge on any atom is -0.462 e. The van der Waals surface area contributed by atoms with E-state index in [1.165, 1.54) is 11.3 Å². The molecule has 2 aromatic carbocycles. The van der Waals surface area contributed by atoms with Gasteiger partial charge in [-0.25, -0.2) is 9.78 Å². The molecule has 0 atom stereocenters. The number of aryl methyl sites for hydroxylation is 1. The van der Waals surface area contributed by atoms with Gasteiger partial charge in [0, 0.05) is 5.39 Å². The SMILES string of the molecule is CCOC(=O)c1ccc2nc(NC(=O)Cc3noc4ccc(C)cc34)sc2c1. The van der Waals surface area contributed by atoms with Gasteiger partial charge in [0.15, 0.2) is 10.7 Å². The first-order chi connectivity index (χ1) is 13.5. The van der Waals surface area contributed by atoms with Gasteiger partial charge in [0.2, 0.25) is 5.91 Å². The summed E-state index contributed by atoms with van der Waals surface area (Å²) >= 11 is 1.30. The van der Waals surface area contributed by atoms with Gasteiger partial charge in [-0.3, -0.25) is 4.79 Å². The number of aromatic nitrogens is 2. The highest BCUT2D eigenvalue weighted by molar-refractivity contribution is 7.22. The maximum atomic E-state index is 12.4. The van der Waals surface area contributed by atoms with Gasteiger partial charge in [0.25, 0.3) is 0 Å². The zero-order chi connectivity index (χ0) is 19.7. The fraction of sp³-hybridized carbons (Fsp3) is 0.200. The van der Waals surface area contributed by atoms with Crippen molar-refractivity contribution < 1.29 is 18.8 Å². The lowest BCUT2D eigenvalue weighted by Crippen LogP contribution is -2.14. The second-order valence-electron chi connectivity index (χ2n) is 6.28. The fourth-order valence-corrected chi connectivity index (χ4v) is 3.79. The van der Waals surface area contributed by atoms with Crippen LogP contribution in [-0.2, 0) is 16.0 Å². The number of nitrogens with one attached hydrogen (secondary N) is 1. The topological polar surface area (TPSA) is 94.3 Å². The molecule has 28 heavy (non-hydrogen) atoms. The average molecular weight is 395 g/mol. The van der Waals surface area contributed by atoms with Crippen LogP contribution in [0.2, 0.25) is 0 Å². The summed E-state index contributed by atoms with van der Waals surface area (Å²) in [6.45, 7) is 4.05. The predicted molar refractivity (Wildman–Crippen MR) is 107 cm³/mol. The third kappa shape index (κ3) is 3.59. The Kier molecular flexibility index (Phi) is 4.79. The number of hydrogen-bond donors (Lipinski definition) is 1. The van der Waals surface area contributed by atoms with Crippen LogP contribution >= 0.6 is 11.3 Å². The van der Waals surface area contributed by atoms with Crippen molar-refractivity contribution in [2.45, 2.75) is 20.3 Å². The molecule has 0 aliphatic heterocycles. The predicted octanol–water partition coefficient (Wildman–Crippen LogP) is 4.10. The lowest BCUT2D eigenvalue weighted by Gasteiger charge is -2.00. The van der Waals surface area contributed by atoms with Gasteiger partial charge in [0.05, 0.1) is 28.8 Å². The third-order valence-electron chi connectivity index (χ3n) is 4.17. The van der Waals surface area contributed by atoms with Crippen molar-refractivity contribution in [2.24, 2.45) is 0 Å². The Morgan fingerprint density at radius 3 is 2.89 bits per heavy atom. The van der Waals surface area contributed by atoms with E-state index in [0.29, 0.717) is 34.1 Å². The van der Waals surface area contributed by atoms with E-state index in [2.05, 4.69) is 15.5 Å². The summed E-state index contributed by atoms with van der Waals surface area (Å²) in [5, 5.41) is 8.09. The van der Waals surface area contributed by atoms with Crippen LogP contribution in [0.3, 0.4) is 0 Å². The van der Waals surface area contributed by atoms with Gasteiger partial charge in [-0.15, -0.1) is 0 Å². The van der Waals surface area contributed by atoms with Crippen molar-refractivity contribution >= 4 is 49.5 Å². The van der Waals surface area contributed by atoms with Crippen molar-refractivity contribution in [3.05, 3.63) is 53.2 Å². The summed E-state index contributed by atoms with van der Waals surface area (Å²) in [7, 11) is 0. The molecule has 4 aromatic rings. The number of esters is 1. The number of benzene rings is 2. The summed E-state index contributed by atoms with van der Waals surface area (Å²) in [4.78, 5) is 28.7. The number of rotatable bonds is 5. The Hall–Kier alpha value is -3.26. The highest BCUT2D eigenvalue weighted by Gasteiger charge is 2.15. The Bertz CT molecular complexity index is 1190. The largest absolute Gasteiger partial charge is 0.462 e. The molecule has 2 aromatic heterocycles. The first-order valence-corrected chi connectivity index (χ1v) is 9.57. The zero-order valence-corrected chi connectivity index (χ0v) is 16.1. The number of carbonyl (C=O) groups excluding carboxylic acids is 2. The summed E-state index contributed by atoms with van der Waals surface area (Å²) in [6, 6.07) is 10.8. The summed E-state index contributed by atoms with van der Waals surface area (Å²) < 4.78 is 11.1. The molecule has 0 saturated heterocycles. The second kappa shape index (κ2) is 7.40. The maximum Gasteiger partial charge on any atom is 0.338 e. The molecule has 2 heterocycles. The Balaban J connectivity index is 1.51.